The summed E-state index contributed by atoms with van der Waals surface area (Å²) in [6.07, 6.45) is 0. The predicted molar refractivity (Wildman–Crippen MR) is 327 cm³/mol. The molecule has 76 heavy (non-hydrogen) atoms. The molecule has 0 fully saturated rings. The molecule has 16 aromatic carbocycles. The van der Waals surface area contributed by atoms with Crippen LogP contribution >= 0.6 is 0 Å². The van der Waals surface area contributed by atoms with Crippen LogP contribution in [0.25, 0.3) is 164 Å². The standard InChI is InChI=1S/C76H46/c1-2-8-47(9-3-1)62-44-63(50-14-20-52(21-15-50)65-34-26-54-32-40-71-67(36-28-56-30-38-69(65)73(54)75(56)71)60-24-18-48-10-4-6-12-58(48)42-60)46-64(45-62)51-16-22-53(23-17-51)66-35-27-55-33-41-72-68(37-29-57-31-39-70(66)74(55)76(57)72)61-25-19-49-11-5-7-13-59(49)43-61/h1-46H. The lowest BCUT2D eigenvalue weighted by Gasteiger charge is -2.17. The van der Waals surface area contributed by atoms with E-state index >= 15 is 0 Å². The molecule has 16 aromatic rings. The molecule has 0 saturated heterocycles. The summed E-state index contributed by atoms with van der Waals surface area (Å²) in [5.41, 5.74) is 17.1. The molecule has 0 aliphatic carbocycles. The van der Waals surface area contributed by atoms with E-state index in [9.17, 15) is 0 Å². The largest absolute Gasteiger partial charge is 0.0622 e. The van der Waals surface area contributed by atoms with Crippen LogP contribution in [0.4, 0.5) is 0 Å². The van der Waals surface area contributed by atoms with Crippen LogP contribution in [0.15, 0.2) is 279 Å². The SMILES string of the molecule is c1ccc(-c2cc(-c3ccc(-c4ccc5ccc6c(-c7ccc8ccccc8c7)ccc7ccc4c5c76)cc3)cc(-c3ccc(-c4ccc5ccc6c(-c7ccc8ccccc8c7)ccc7ccc4c5c76)cc3)c2)cc1. The molecule has 0 aromatic heterocycles. The Morgan fingerprint density at radius 3 is 0.763 bits per heavy atom. The second-order valence-corrected chi connectivity index (χ2v) is 20.7. The molecule has 0 spiro atoms. The summed E-state index contributed by atoms with van der Waals surface area (Å²) in [7, 11) is 0. The highest BCUT2D eigenvalue weighted by Crippen LogP contribution is 2.46. The average Bonchev–Trinajstić information content (AvgIpc) is 3.65. The Labute approximate surface area is 440 Å². The highest BCUT2D eigenvalue weighted by molar-refractivity contribution is 6.29. The first-order valence-corrected chi connectivity index (χ1v) is 26.5. The van der Waals surface area contributed by atoms with Gasteiger partial charge in [0, 0.05) is 0 Å². The van der Waals surface area contributed by atoms with Crippen LogP contribution in [0.1, 0.15) is 0 Å². The van der Waals surface area contributed by atoms with Gasteiger partial charge >= 0.3 is 0 Å². The molecular formula is C76H46. The van der Waals surface area contributed by atoms with Crippen molar-refractivity contribution in [1.29, 1.82) is 0 Å². The van der Waals surface area contributed by atoms with Gasteiger partial charge in [0.15, 0.2) is 0 Å². The molecule has 0 aliphatic rings. The summed E-state index contributed by atoms with van der Waals surface area (Å²) < 4.78 is 0. The van der Waals surface area contributed by atoms with E-state index < -0.39 is 0 Å². The van der Waals surface area contributed by atoms with Crippen LogP contribution in [0.5, 0.6) is 0 Å². The topological polar surface area (TPSA) is 0 Å². The van der Waals surface area contributed by atoms with Gasteiger partial charge < -0.3 is 0 Å². The quantitative estimate of drug-likeness (QED) is 0.140. The van der Waals surface area contributed by atoms with Gasteiger partial charge in [0.25, 0.3) is 0 Å². The van der Waals surface area contributed by atoms with Crippen molar-refractivity contribution in [2.24, 2.45) is 0 Å². The molecule has 0 heteroatoms. The maximum absolute atomic E-state index is 2.36. The fourth-order valence-electron chi connectivity index (χ4n) is 12.8. The van der Waals surface area contributed by atoms with Crippen molar-refractivity contribution in [2.45, 2.75) is 0 Å². The van der Waals surface area contributed by atoms with E-state index in [1.54, 1.807) is 0 Å². The summed E-state index contributed by atoms with van der Waals surface area (Å²) >= 11 is 0. The first kappa shape index (κ1) is 42.6. The van der Waals surface area contributed by atoms with Gasteiger partial charge in [-0.15, -0.1) is 0 Å². The normalized spacial score (nSPS) is 11.9. The number of hydrogen-bond donors (Lipinski definition) is 0. The second kappa shape index (κ2) is 16.8. The molecule has 0 unspecified atom stereocenters. The average molecular weight is 959 g/mol. The predicted octanol–water partition coefficient (Wildman–Crippen LogP) is 21.5. The summed E-state index contributed by atoms with van der Waals surface area (Å²) in [5.74, 6) is 0. The zero-order valence-electron chi connectivity index (χ0n) is 41.6. The summed E-state index contributed by atoms with van der Waals surface area (Å²) in [4.78, 5) is 0. The van der Waals surface area contributed by atoms with Crippen LogP contribution in [-0.4, -0.2) is 0 Å². The Morgan fingerprint density at radius 1 is 0.132 bits per heavy atom. The molecule has 0 radical (unpaired) electrons. The minimum atomic E-state index is 1.19. The van der Waals surface area contributed by atoms with Gasteiger partial charge in [-0.05, 0) is 194 Å². The maximum Gasteiger partial charge on any atom is -0.00203 e. The van der Waals surface area contributed by atoms with Crippen molar-refractivity contribution in [3.05, 3.63) is 279 Å². The van der Waals surface area contributed by atoms with Gasteiger partial charge in [0.2, 0.25) is 0 Å². The van der Waals surface area contributed by atoms with E-state index in [0.29, 0.717) is 0 Å². The Morgan fingerprint density at radius 2 is 0.395 bits per heavy atom. The molecular weight excluding hydrogens is 913 g/mol. The van der Waals surface area contributed by atoms with Crippen LogP contribution < -0.4 is 0 Å². The number of rotatable bonds is 7. The van der Waals surface area contributed by atoms with Crippen LogP contribution in [-0.2, 0) is 0 Å². The van der Waals surface area contributed by atoms with Gasteiger partial charge in [-0.3, -0.25) is 0 Å². The summed E-state index contributed by atoms with van der Waals surface area (Å²) in [5, 5.41) is 20.6. The number of benzene rings is 16. The van der Waals surface area contributed by atoms with Gasteiger partial charge in [0.1, 0.15) is 0 Å². The smallest absolute Gasteiger partial charge is 0.00203 e. The molecule has 0 heterocycles. The third kappa shape index (κ3) is 6.78. The minimum absolute atomic E-state index is 1.19. The van der Waals surface area contributed by atoms with E-state index in [1.165, 1.54) is 164 Å². The Kier molecular flexibility index (Phi) is 9.44. The third-order valence-electron chi connectivity index (χ3n) is 16.5. The van der Waals surface area contributed by atoms with Crippen molar-refractivity contribution in [2.75, 3.05) is 0 Å². The monoisotopic (exact) mass is 958 g/mol. The number of hydrogen-bond acceptors (Lipinski definition) is 0. The highest BCUT2D eigenvalue weighted by Gasteiger charge is 2.18. The van der Waals surface area contributed by atoms with E-state index in [-0.39, 0.29) is 0 Å². The lowest BCUT2D eigenvalue weighted by molar-refractivity contribution is 1.56. The molecule has 0 N–H and O–H groups in total. The van der Waals surface area contributed by atoms with Gasteiger partial charge in [-0.1, -0.05) is 249 Å². The fraction of sp³-hybridized carbons (Fsp3) is 0. The summed E-state index contributed by atoms with van der Waals surface area (Å²) in [6.45, 7) is 0. The zero-order valence-corrected chi connectivity index (χ0v) is 41.6. The van der Waals surface area contributed by atoms with Crippen molar-refractivity contribution in [3.8, 4) is 77.9 Å². The van der Waals surface area contributed by atoms with Crippen molar-refractivity contribution < 1.29 is 0 Å². The Hall–Kier alpha value is -9.88. The third-order valence-corrected chi connectivity index (χ3v) is 16.5. The van der Waals surface area contributed by atoms with Crippen molar-refractivity contribution in [1.82, 2.24) is 0 Å². The first-order chi connectivity index (χ1) is 37.6. The molecule has 0 amide bonds. The van der Waals surface area contributed by atoms with Gasteiger partial charge in [-0.25, -0.2) is 0 Å². The van der Waals surface area contributed by atoms with E-state index in [2.05, 4.69) is 279 Å². The second-order valence-electron chi connectivity index (χ2n) is 20.7. The van der Waals surface area contributed by atoms with Gasteiger partial charge in [0.05, 0.1) is 0 Å². The molecule has 0 atom stereocenters. The molecule has 350 valence electrons. The Balaban J connectivity index is 0.758. The van der Waals surface area contributed by atoms with Crippen LogP contribution in [0.3, 0.4) is 0 Å². The molecule has 16 rings (SSSR count). The fourth-order valence-corrected chi connectivity index (χ4v) is 12.8. The van der Waals surface area contributed by atoms with E-state index in [0.717, 1.165) is 0 Å². The van der Waals surface area contributed by atoms with Crippen molar-refractivity contribution in [3.63, 3.8) is 0 Å². The van der Waals surface area contributed by atoms with Gasteiger partial charge in [-0.2, -0.15) is 0 Å². The van der Waals surface area contributed by atoms with Crippen molar-refractivity contribution >= 4 is 86.2 Å². The minimum Gasteiger partial charge on any atom is -0.0622 e. The Bertz CT molecular complexity index is 4650. The van der Waals surface area contributed by atoms with Crippen LogP contribution in [0.2, 0.25) is 0 Å². The maximum atomic E-state index is 2.36. The zero-order chi connectivity index (χ0) is 49.8. The lowest BCUT2D eigenvalue weighted by atomic mass is 9.86. The number of fused-ring (bicyclic) bond motifs is 2. The van der Waals surface area contributed by atoms with E-state index in [1.807, 2.05) is 0 Å². The first-order valence-electron chi connectivity index (χ1n) is 26.5. The van der Waals surface area contributed by atoms with Crippen LogP contribution in [0, 0.1) is 0 Å². The summed E-state index contributed by atoms with van der Waals surface area (Å²) in [6, 6.07) is 104. The molecule has 0 bridgehead atoms. The molecule has 0 saturated carbocycles. The lowest BCUT2D eigenvalue weighted by Crippen LogP contribution is -1.90. The molecule has 0 nitrogen and oxygen atoms in total. The van der Waals surface area contributed by atoms with E-state index in [4.69, 9.17) is 0 Å². The molecule has 0 aliphatic heterocycles. The highest BCUT2D eigenvalue weighted by atomic mass is 14.2.